The highest BCUT2D eigenvalue weighted by molar-refractivity contribution is 5.95. The van der Waals surface area contributed by atoms with Gasteiger partial charge < -0.3 is 15.5 Å². The van der Waals surface area contributed by atoms with Crippen molar-refractivity contribution >= 4 is 17.5 Å². The van der Waals surface area contributed by atoms with Gasteiger partial charge in [0.1, 0.15) is 17.2 Å². The highest BCUT2D eigenvalue weighted by atomic mass is 19.1. The smallest absolute Gasteiger partial charge is 0.256 e. The fourth-order valence-electron chi connectivity index (χ4n) is 3.39. The molecule has 1 saturated heterocycles. The highest BCUT2D eigenvalue weighted by Crippen LogP contribution is 2.29. The van der Waals surface area contributed by atoms with Crippen LogP contribution in [0.4, 0.5) is 14.5 Å². The number of halogens is 2. The van der Waals surface area contributed by atoms with Crippen molar-refractivity contribution < 1.29 is 18.4 Å². The van der Waals surface area contributed by atoms with Crippen LogP contribution in [0.15, 0.2) is 48.5 Å². The highest BCUT2D eigenvalue weighted by Gasteiger charge is 2.42. The molecule has 1 heterocycles. The molecule has 27 heavy (non-hydrogen) atoms. The molecule has 2 aromatic carbocycles. The first-order chi connectivity index (χ1) is 12.9. The molecule has 0 unspecified atom stereocenters. The maximum atomic E-state index is 13.9. The molecule has 1 aliphatic heterocycles. The van der Waals surface area contributed by atoms with Crippen LogP contribution in [0, 0.1) is 11.6 Å². The van der Waals surface area contributed by atoms with Crippen molar-refractivity contribution in [3.63, 3.8) is 0 Å². The second-order valence-corrected chi connectivity index (χ2v) is 6.57. The van der Waals surface area contributed by atoms with Crippen molar-refractivity contribution in [3.8, 4) is 0 Å². The summed E-state index contributed by atoms with van der Waals surface area (Å²) in [7, 11) is 1.54. The summed E-state index contributed by atoms with van der Waals surface area (Å²) in [4.78, 5) is 26.7. The van der Waals surface area contributed by atoms with Gasteiger partial charge in [0, 0.05) is 25.8 Å². The number of hydrogen-bond acceptors (Lipinski definition) is 3. The third kappa shape index (κ3) is 3.92. The van der Waals surface area contributed by atoms with Crippen molar-refractivity contribution in [2.24, 2.45) is 0 Å². The SMILES string of the molecule is CNC(=O)C1(Nc2cccc(F)c2)CCN(C(=O)c2ccccc2F)CC1. The quantitative estimate of drug-likeness (QED) is 0.866. The molecule has 0 atom stereocenters. The van der Waals surface area contributed by atoms with E-state index in [2.05, 4.69) is 10.6 Å². The second-order valence-electron chi connectivity index (χ2n) is 6.57. The van der Waals surface area contributed by atoms with E-state index in [1.807, 2.05) is 0 Å². The van der Waals surface area contributed by atoms with E-state index in [9.17, 15) is 18.4 Å². The molecular formula is C20H21F2N3O2. The lowest BCUT2D eigenvalue weighted by molar-refractivity contribution is -0.126. The fraction of sp³-hybridized carbons (Fsp3) is 0.300. The molecule has 7 heteroatoms. The van der Waals surface area contributed by atoms with E-state index in [-0.39, 0.29) is 24.6 Å². The molecule has 142 valence electrons. The van der Waals surface area contributed by atoms with Crippen LogP contribution in [0.25, 0.3) is 0 Å². The molecule has 0 spiro atoms. The maximum Gasteiger partial charge on any atom is 0.256 e. The number of amides is 2. The molecule has 2 aromatic rings. The predicted molar refractivity (Wildman–Crippen MR) is 98.4 cm³/mol. The van der Waals surface area contributed by atoms with E-state index in [1.165, 1.54) is 42.3 Å². The zero-order chi connectivity index (χ0) is 19.4. The van der Waals surface area contributed by atoms with Gasteiger partial charge in [-0.2, -0.15) is 0 Å². The number of carbonyl (C=O) groups excluding carboxylic acids is 2. The van der Waals surface area contributed by atoms with E-state index in [0.29, 0.717) is 18.5 Å². The number of piperidine rings is 1. The Morgan fingerprint density at radius 1 is 1.04 bits per heavy atom. The monoisotopic (exact) mass is 373 g/mol. The number of rotatable bonds is 4. The van der Waals surface area contributed by atoms with Crippen LogP contribution in [-0.4, -0.2) is 42.4 Å². The molecule has 3 rings (SSSR count). The number of benzene rings is 2. The van der Waals surface area contributed by atoms with Gasteiger partial charge in [0.25, 0.3) is 5.91 Å². The average molecular weight is 373 g/mol. The van der Waals surface area contributed by atoms with E-state index < -0.39 is 23.1 Å². The van der Waals surface area contributed by atoms with Crippen LogP contribution >= 0.6 is 0 Å². The third-order valence-electron chi connectivity index (χ3n) is 4.88. The standard InChI is InChI=1S/C20H21F2N3O2/c1-23-19(27)20(24-15-6-4-5-14(21)13-15)9-11-25(12-10-20)18(26)16-7-2-3-8-17(16)22/h2-8,13,24H,9-12H2,1H3,(H,23,27). The van der Waals surface area contributed by atoms with Gasteiger partial charge in [-0.15, -0.1) is 0 Å². The van der Waals surface area contributed by atoms with Crippen LogP contribution in [-0.2, 0) is 4.79 Å². The van der Waals surface area contributed by atoms with Gasteiger partial charge in [0.15, 0.2) is 0 Å². The fourth-order valence-corrected chi connectivity index (χ4v) is 3.39. The summed E-state index contributed by atoms with van der Waals surface area (Å²) in [6.45, 7) is 0.561. The first-order valence-electron chi connectivity index (χ1n) is 8.75. The number of likely N-dealkylation sites (N-methyl/N-ethyl adjacent to an activating group) is 1. The van der Waals surface area contributed by atoms with Gasteiger partial charge in [0.2, 0.25) is 5.91 Å². The summed E-state index contributed by atoms with van der Waals surface area (Å²) in [5.41, 5.74) is -0.454. The summed E-state index contributed by atoms with van der Waals surface area (Å²) >= 11 is 0. The normalized spacial score (nSPS) is 15.9. The largest absolute Gasteiger partial charge is 0.371 e. The Kier molecular flexibility index (Phi) is 5.39. The maximum absolute atomic E-state index is 13.9. The molecule has 5 nitrogen and oxygen atoms in total. The summed E-state index contributed by atoms with van der Waals surface area (Å²) in [6, 6.07) is 11.7. The number of likely N-dealkylation sites (tertiary alicyclic amines) is 1. The lowest BCUT2D eigenvalue weighted by Crippen LogP contribution is -2.58. The minimum absolute atomic E-state index is 0.0167. The number of hydrogen-bond donors (Lipinski definition) is 2. The molecule has 0 saturated carbocycles. The summed E-state index contributed by atoms with van der Waals surface area (Å²) in [5, 5.41) is 5.77. The molecule has 0 aliphatic carbocycles. The average Bonchev–Trinajstić information content (AvgIpc) is 2.68. The Morgan fingerprint density at radius 3 is 2.37 bits per heavy atom. The lowest BCUT2D eigenvalue weighted by Gasteiger charge is -2.41. The first-order valence-corrected chi connectivity index (χ1v) is 8.75. The predicted octanol–water partition coefficient (Wildman–Crippen LogP) is 2.80. The van der Waals surface area contributed by atoms with Gasteiger partial charge in [-0.1, -0.05) is 18.2 Å². The topological polar surface area (TPSA) is 61.4 Å². The van der Waals surface area contributed by atoms with Gasteiger partial charge >= 0.3 is 0 Å². The van der Waals surface area contributed by atoms with Crippen molar-refractivity contribution in [3.05, 3.63) is 65.7 Å². The molecule has 0 aromatic heterocycles. The Labute approximate surface area is 156 Å². The van der Waals surface area contributed by atoms with Gasteiger partial charge in [-0.3, -0.25) is 9.59 Å². The zero-order valence-corrected chi connectivity index (χ0v) is 15.0. The first kappa shape index (κ1) is 18.8. The number of anilines is 1. The molecule has 1 fully saturated rings. The van der Waals surface area contributed by atoms with Crippen molar-refractivity contribution in [1.82, 2.24) is 10.2 Å². The third-order valence-corrected chi connectivity index (χ3v) is 4.88. The Hall–Kier alpha value is -2.96. The van der Waals surface area contributed by atoms with E-state index in [0.717, 1.165) is 0 Å². The van der Waals surface area contributed by atoms with Gasteiger partial charge in [-0.05, 0) is 43.2 Å². The molecule has 1 aliphatic rings. The number of nitrogens with zero attached hydrogens (tertiary/aromatic N) is 1. The van der Waals surface area contributed by atoms with Crippen molar-refractivity contribution in [2.45, 2.75) is 18.4 Å². The van der Waals surface area contributed by atoms with Gasteiger partial charge in [0.05, 0.1) is 5.56 Å². The molecule has 2 amide bonds. The van der Waals surface area contributed by atoms with Crippen LogP contribution < -0.4 is 10.6 Å². The summed E-state index contributed by atoms with van der Waals surface area (Å²) in [5.74, 6) is -1.60. The minimum atomic E-state index is -0.964. The summed E-state index contributed by atoms with van der Waals surface area (Å²) < 4.78 is 27.4. The molecule has 0 radical (unpaired) electrons. The van der Waals surface area contributed by atoms with E-state index in [1.54, 1.807) is 18.2 Å². The van der Waals surface area contributed by atoms with Crippen molar-refractivity contribution in [2.75, 3.05) is 25.5 Å². The molecule has 2 N–H and O–H groups in total. The van der Waals surface area contributed by atoms with E-state index >= 15 is 0 Å². The molecular weight excluding hydrogens is 352 g/mol. The summed E-state index contributed by atoms with van der Waals surface area (Å²) in [6.07, 6.45) is 0.646. The minimum Gasteiger partial charge on any atom is -0.371 e. The Morgan fingerprint density at radius 2 is 1.74 bits per heavy atom. The zero-order valence-electron chi connectivity index (χ0n) is 15.0. The van der Waals surface area contributed by atoms with Crippen LogP contribution in [0.5, 0.6) is 0 Å². The van der Waals surface area contributed by atoms with Gasteiger partial charge in [-0.25, -0.2) is 8.78 Å². The van der Waals surface area contributed by atoms with Crippen LogP contribution in [0.3, 0.4) is 0 Å². The van der Waals surface area contributed by atoms with Crippen LogP contribution in [0.1, 0.15) is 23.2 Å². The van der Waals surface area contributed by atoms with Crippen LogP contribution in [0.2, 0.25) is 0 Å². The lowest BCUT2D eigenvalue weighted by atomic mass is 9.85. The second kappa shape index (κ2) is 7.73. The number of nitrogens with one attached hydrogen (secondary N) is 2. The number of carbonyl (C=O) groups is 2. The van der Waals surface area contributed by atoms with Crippen molar-refractivity contribution in [1.29, 1.82) is 0 Å². The molecule has 0 bridgehead atoms. The van der Waals surface area contributed by atoms with E-state index in [4.69, 9.17) is 0 Å². The Balaban J connectivity index is 1.77. The Bertz CT molecular complexity index is 849.